The summed E-state index contributed by atoms with van der Waals surface area (Å²) in [5.74, 6) is 0. The van der Waals surface area contributed by atoms with Gasteiger partial charge in [-0.2, -0.15) is 0 Å². The van der Waals surface area contributed by atoms with E-state index in [0.29, 0.717) is 0 Å². The summed E-state index contributed by atoms with van der Waals surface area (Å²) in [6, 6.07) is 0. The zero-order chi connectivity index (χ0) is 15.3. The molecule has 1 aliphatic heterocycles. The lowest BCUT2D eigenvalue weighted by Crippen LogP contribution is -2.42. The van der Waals surface area contributed by atoms with Crippen molar-refractivity contribution in [3.8, 4) is 0 Å². The van der Waals surface area contributed by atoms with Crippen molar-refractivity contribution in [3.63, 3.8) is 0 Å². The minimum atomic E-state index is -3.13. The molecule has 0 spiro atoms. The van der Waals surface area contributed by atoms with Gasteiger partial charge in [-0.05, 0) is 25.7 Å². The number of aliphatic hydroxyl groups is 4. The highest BCUT2D eigenvalue weighted by Gasteiger charge is 2.49. The van der Waals surface area contributed by atoms with Crippen molar-refractivity contribution < 1.29 is 38.7 Å². The van der Waals surface area contributed by atoms with Gasteiger partial charge in [-0.25, -0.2) is 0 Å². The molecule has 1 aliphatic rings. The predicted molar refractivity (Wildman–Crippen MR) is 72.4 cm³/mol. The molecule has 10 heteroatoms. The van der Waals surface area contributed by atoms with Gasteiger partial charge in [-0.15, -0.1) is 0 Å². The topological polar surface area (TPSA) is 118 Å². The van der Waals surface area contributed by atoms with Crippen molar-refractivity contribution >= 4 is 18.5 Å². The molecule has 0 amide bonds. The Bertz CT molecular complexity index is 333. The van der Waals surface area contributed by atoms with Gasteiger partial charge in [0.2, 0.25) is 0 Å². The second kappa shape index (κ2) is 8.09. The van der Waals surface area contributed by atoms with E-state index in [1.807, 2.05) is 0 Å². The van der Waals surface area contributed by atoms with Crippen LogP contribution in [0.15, 0.2) is 0 Å². The van der Waals surface area contributed by atoms with Gasteiger partial charge in [0.25, 0.3) is 0 Å². The maximum Gasteiger partial charge on any atom is 0.327 e. The van der Waals surface area contributed by atoms with Gasteiger partial charge in [-0.3, -0.25) is 4.52 Å². The Hall–Kier alpha value is 0.330. The summed E-state index contributed by atoms with van der Waals surface area (Å²) in [5, 5.41) is 37.9. The molecule has 0 aromatic rings. The minimum absolute atomic E-state index is 0.247. The highest BCUT2D eigenvalue weighted by atomic mass is 32.5. The van der Waals surface area contributed by atoms with E-state index in [1.165, 1.54) is 0 Å². The molecule has 1 fully saturated rings. The van der Waals surface area contributed by atoms with Crippen LogP contribution in [-0.2, 0) is 30.1 Å². The first kappa shape index (κ1) is 18.4. The maximum atomic E-state index is 9.84. The summed E-state index contributed by atoms with van der Waals surface area (Å²) in [5.41, 5.74) is 0. The average molecular weight is 332 g/mol. The maximum absolute atomic E-state index is 9.84. The Balaban J connectivity index is 2.86. The van der Waals surface area contributed by atoms with Gasteiger partial charge in [0.15, 0.2) is 6.29 Å². The van der Waals surface area contributed by atoms with Crippen LogP contribution in [-0.4, -0.2) is 71.0 Å². The third-order valence-electron chi connectivity index (χ3n) is 2.64. The summed E-state index contributed by atoms with van der Waals surface area (Å²) in [6.07, 6.45) is -6.59. The Morgan fingerprint density at radius 1 is 1.25 bits per heavy atom. The SMILES string of the molecule is CCOP(=S)(OCC)O[C@H]1[C@@H]([C@H](O)CO)OC(O)[C@@H]1O. The number of rotatable bonds is 8. The Morgan fingerprint density at radius 3 is 2.25 bits per heavy atom. The van der Waals surface area contributed by atoms with Crippen LogP contribution in [0, 0.1) is 0 Å². The molecular weight excluding hydrogens is 311 g/mol. The van der Waals surface area contributed by atoms with Gasteiger partial charge in [-0.1, -0.05) is 0 Å². The Kier molecular flexibility index (Phi) is 7.44. The first-order valence-corrected chi connectivity index (χ1v) is 8.82. The quantitative estimate of drug-likeness (QED) is 0.419. The van der Waals surface area contributed by atoms with E-state index in [1.54, 1.807) is 13.8 Å². The molecule has 1 heterocycles. The molecule has 0 saturated carbocycles. The van der Waals surface area contributed by atoms with Crippen LogP contribution in [0.2, 0.25) is 0 Å². The molecule has 0 aromatic heterocycles. The summed E-state index contributed by atoms with van der Waals surface area (Å²) in [7, 11) is 0. The number of aliphatic hydroxyl groups excluding tert-OH is 4. The van der Waals surface area contributed by atoms with Gasteiger partial charge in [0.05, 0.1) is 19.8 Å². The van der Waals surface area contributed by atoms with E-state index >= 15 is 0 Å². The monoisotopic (exact) mass is 332 g/mol. The molecular formula is C10H21O8PS. The molecule has 0 aliphatic carbocycles. The molecule has 20 heavy (non-hydrogen) atoms. The predicted octanol–water partition coefficient (Wildman–Crippen LogP) is -0.900. The van der Waals surface area contributed by atoms with Crippen molar-refractivity contribution in [2.45, 2.75) is 44.6 Å². The van der Waals surface area contributed by atoms with E-state index in [4.69, 9.17) is 35.2 Å². The second-order valence-corrected chi connectivity index (χ2v) is 7.05. The zero-order valence-corrected chi connectivity index (χ0v) is 13.0. The highest BCUT2D eigenvalue weighted by molar-refractivity contribution is 8.07. The van der Waals surface area contributed by atoms with Crippen LogP contribution in [0.3, 0.4) is 0 Å². The number of hydrogen-bond donors (Lipinski definition) is 4. The van der Waals surface area contributed by atoms with Gasteiger partial charge < -0.3 is 34.2 Å². The standard InChI is InChI=1S/C10H21O8PS/c1-3-15-19(20,16-4-2)18-9-7(13)10(14)17-8(9)6(12)5-11/h6-14H,3-5H2,1-2H3/t6-,7-,8-,9-,10?/m1/s1. The largest absolute Gasteiger partial charge is 0.394 e. The summed E-state index contributed by atoms with van der Waals surface area (Å²) in [4.78, 5) is 0. The lowest BCUT2D eigenvalue weighted by Gasteiger charge is -2.29. The van der Waals surface area contributed by atoms with E-state index in [2.05, 4.69) is 0 Å². The summed E-state index contributed by atoms with van der Waals surface area (Å²) >= 11 is 5.16. The van der Waals surface area contributed by atoms with Crippen molar-refractivity contribution in [1.82, 2.24) is 0 Å². The summed E-state index contributed by atoms with van der Waals surface area (Å²) in [6.45, 7) is 0.165. The number of ether oxygens (including phenoxy) is 1. The third kappa shape index (κ3) is 4.41. The van der Waals surface area contributed by atoms with E-state index in [0.717, 1.165) is 0 Å². The van der Waals surface area contributed by atoms with E-state index in [9.17, 15) is 15.3 Å². The van der Waals surface area contributed by atoms with Crippen molar-refractivity contribution in [2.24, 2.45) is 0 Å². The fourth-order valence-corrected chi connectivity index (χ4v) is 4.08. The smallest absolute Gasteiger partial charge is 0.327 e. The van der Waals surface area contributed by atoms with Crippen molar-refractivity contribution in [2.75, 3.05) is 19.8 Å². The first-order valence-electron chi connectivity index (χ1n) is 6.26. The van der Waals surface area contributed by atoms with Crippen LogP contribution in [0.5, 0.6) is 0 Å². The second-order valence-electron chi connectivity index (χ2n) is 4.08. The lowest BCUT2D eigenvalue weighted by molar-refractivity contribution is -0.150. The molecule has 0 aromatic carbocycles. The number of hydrogen-bond acceptors (Lipinski definition) is 9. The van der Waals surface area contributed by atoms with Gasteiger partial charge >= 0.3 is 6.72 Å². The van der Waals surface area contributed by atoms with Crippen LogP contribution in [0.25, 0.3) is 0 Å². The molecule has 1 saturated heterocycles. The molecule has 120 valence electrons. The first-order chi connectivity index (χ1) is 9.38. The molecule has 5 atom stereocenters. The van der Waals surface area contributed by atoms with E-state index in [-0.39, 0.29) is 13.2 Å². The Morgan fingerprint density at radius 2 is 1.80 bits per heavy atom. The van der Waals surface area contributed by atoms with E-state index < -0.39 is 44.0 Å². The van der Waals surface area contributed by atoms with Crippen molar-refractivity contribution in [1.29, 1.82) is 0 Å². The minimum Gasteiger partial charge on any atom is -0.394 e. The van der Waals surface area contributed by atoms with Gasteiger partial charge in [0, 0.05) is 0 Å². The van der Waals surface area contributed by atoms with Crippen LogP contribution in [0.4, 0.5) is 0 Å². The molecule has 0 bridgehead atoms. The fraction of sp³-hybridized carbons (Fsp3) is 1.00. The van der Waals surface area contributed by atoms with Crippen molar-refractivity contribution in [3.05, 3.63) is 0 Å². The summed E-state index contributed by atoms with van der Waals surface area (Å²) < 4.78 is 21.0. The molecule has 4 N–H and O–H groups in total. The zero-order valence-electron chi connectivity index (χ0n) is 11.3. The van der Waals surface area contributed by atoms with Crippen LogP contribution < -0.4 is 0 Å². The molecule has 0 radical (unpaired) electrons. The normalized spacial score (nSPS) is 32.5. The Labute approximate surface area is 122 Å². The molecule has 8 nitrogen and oxygen atoms in total. The van der Waals surface area contributed by atoms with Crippen LogP contribution >= 0.6 is 6.72 Å². The third-order valence-corrected chi connectivity index (χ3v) is 5.18. The van der Waals surface area contributed by atoms with Crippen LogP contribution in [0.1, 0.15) is 13.8 Å². The molecule has 1 unspecified atom stereocenters. The average Bonchev–Trinajstić information content (AvgIpc) is 2.66. The van der Waals surface area contributed by atoms with Gasteiger partial charge in [0.1, 0.15) is 24.4 Å². The molecule has 1 rings (SSSR count). The lowest BCUT2D eigenvalue weighted by atomic mass is 10.1. The fourth-order valence-electron chi connectivity index (χ4n) is 1.77. The highest BCUT2D eigenvalue weighted by Crippen LogP contribution is 2.52.